The summed E-state index contributed by atoms with van der Waals surface area (Å²) in [6.07, 6.45) is 9.47. The molecule has 4 unspecified atom stereocenters. The van der Waals surface area contributed by atoms with E-state index in [2.05, 4.69) is 253 Å². The van der Waals surface area contributed by atoms with Crippen LogP contribution in [0.1, 0.15) is 141 Å². The molecule has 4 heteroatoms. The standard InChI is InChI=1S/C71H72BN3/c1-66(2,3)52-33-35-60-56(42-52)68(7)36-19-20-37-69(68,8)74(60)55-45-62-64-63(46-55)75-65-57(71(51-29-17-12-18-30-51)39-22-21-38-70(71,75)9)43-53(67(4,5)6)44-59(65)72(64)58-34-32-50(48-26-15-11-16-27-48)41-61(58)73(62)54-31-23-28-49(40-54)47-24-13-10-14-25-47/h10-18,23-35,40-46H,19-22,36-39H2,1-9H3. The molecule has 4 atom stereocenters. The van der Waals surface area contributed by atoms with Crippen molar-refractivity contribution in [3.8, 4) is 22.3 Å². The van der Waals surface area contributed by atoms with Gasteiger partial charge in [-0.25, -0.2) is 0 Å². The molecule has 3 nitrogen and oxygen atoms in total. The first-order valence-electron chi connectivity index (χ1n) is 28.4. The molecular weight excluding hydrogens is 906 g/mol. The van der Waals surface area contributed by atoms with E-state index in [1.54, 1.807) is 0 Å². The van der Waals surface area contributed by atoms with Crippen molar-refractivity contribution >= 4 is 62.9 Å². The molecule has 2 saturated carbocycles. The Morgan fingerprint density at radius 1 is 0.413 bits per heavy atom. The third kappa shape index (κ3) is 6.41. The van der Waals surface area contributed by atoms with Gasteiger partial charge >= 0.3 is 0 Å². The first-order valence-corrected chi connectivity index (χ1v) is 28.4. The summed E-state index contributed by atoms with van der Waals surface area (Å²) in [6.45, 7) is 22.3. The second-order valence-electron chi connectivity index (χ2n) is 26.2. The number of benzene rings is 8. The molecular formula is C71H72BN3. The van der Waals surface area contributed by atoms with Crippen LogP contribution >= 0.6 is 0 Å². The number of nitrogens with zero attached hydrogens (tertiary/aromatic N) is 3. The van der Waals surface area contributed by atoms with Crippen LogP contribution in [-0.4, -0.2) is 17.8 Å². The van der Waals surface area contributed by atoms with Gasteiger partial charge in [-0.05, 0) is 153 Å². The largest absolute Gasteiger partial charge is 0.335 e. The Kier molecular flexibility index (Phi) is 10.0. The summed E-state index contributed by atoms with van der Waals surface area (Å²) in [5.74, 6) is 0. The molecule has 0 bridgehead atoms. The quantitative estimate of drug-likeness (QED) is 0.159. The normalized spacial score (nSPS) is 24.0. The van der Waals surface area contributed by atoms with Gasteiger partial charge in [0.1, 0.15) is 0 Å². The molecule has 0 aromatic heterocycles. The molecule has 0 N–H and O–H groups in total. The lowest BCUT2D eigenvalue weighted by Crippen LogP contribution is -2.65. The average molecular weight is 978 g/mol. The van der Waals surface area contributed by atoms with Gasteiger partial charge in [-0.3, -0.25) is 0 Å². The molecule has 374 valence electrons. The fourth-order valence-electron chi connectivity index (χ4n) is 16.1. The van der Waals surface area contributed by atoms with E-state index in [-0.39, 0.29) is 39.5 Å². The van der Waals surface area contributed by atoms with Gasteiger partial charge in [-0.1, -0.05) is 214 Å². The number of hydrogen-bond donors (Lipinski definition) is 0. The van der Waals surface area contributed by atoms with Crippen molar-refractivity contribution in [2.24, 2.45) is 0 Å². The molecule has 0 radical (unpaired) electrons. The second-order valence-corrected chi connectivity index (χ2v) is 26.2. The molecule has 2 fully saturated rings. The maximum atomic E-state index is 2.97. The van der Waals surface area contributed by atoms with Crippen molar-refractivity contribution in [1.29, 1.82) is 0 Å². The highest BCUT2D eigenvalue weighted by atomic mass is 15.3. The highest BCUT2D eigenvalue weighted by Crippen LogP contribution is 2.67. The Morgan fingerprint density at radius 2 is 1.01 bits per heavy atom. The molecule has 6 aliphatic rings. The van der Waals surface area contributed by atoms with Gasteiger partial charge in [0.05, 0.1) is 11.1 Å². The summed E-state index contributed by atoms with van der Waals surface area (Å²) in [7, 11) is 0. The minimum Gasteiger partial charge on any atom is -0.335 e. The van der Waals surface area contributed by atoms with E-state index in [9.17, 15) is 0 Å². The summed E-state index contributed by atoms with van der Waals surface area (Å²) in [5.41, 5.74) is 25.2. The van der Waals surface area contributed by atoms with E-state index in [1.807, 2.05) is 0 Å². The van der Waals surface area contributed by atoms with Gasteiger partial charge in [-0.2, -0.15) is 0 Å². The highest BCUT2D eigenvalue weighted by Gasteiger charge is 2.65. The lowest BCUT2D eigenvalue weighted by Gasteiger charge is -2.54. The zero-order valence-electron chi connectivity index (χ0n) is 45.8. The van der Waals surface area contributed by atoms with Gasteiger partial charge in [-0.15, -0.1) is 0 Å². The molecule has 4 heterocycles. The lowest BCUT2D eigenvalue weighted by atomic mass is 9.33. The molecule has 0 saturated heterocycles. The molecule has 2 aliphatic carbocycles. The average Bonchev–Trinajstić information content (AvgIpc) is 3.84. The van der Waals surface area contributed by atoms with Crippen LogP contribution in [0.5, 0.6) is 0 Å². The van der Waals surface area contributed by atoms with Crippen LogP contribution < -0.4 is 31.1 Å². The topological polar surface area (TPSA) is 9.72 Å². The third-order valence-electron chi connectivity index (χ3n) is 20.2. The summed E-state index contributed by atoms with van der Waals surface area (Å²) in [5, 5.41) is 0. The molecule has 0 spiro atoms. The molecule has 8 aromatic carbocycles. The van der Waals surface area contributed by atoms with Gasteiger partial charge in [0.25, 0.3) is 6.71 Å². The van der Waals surface area contributed by atoms with Gasteiger partial charge < -0.3 is 14.7 Å². The van der Waals surface area contributed by atoms with E-state index >= 15 is 0 Å². The van der Waals surface area contributed by atoms with Crippen molar-refractivity contribution in [3.63, 3.8) is 0 Å². The van der Waals surface area contributed by atoms with Crippen LogP contribution in [-0.2, 0) is 21.7 Å². The van der Waals surface area contributed by atoms with E-state index in [4.69, 9.17) is 0 Å². The first kappa shape index (κ1) is 46.7. The Balaban J connectivity index is 1.13. The SMILES string of the molecule is CC(C)(C)c1ccc2c(c1)C1(C)CCCCC1(C)N2c1cc2c3c(c1)N1c4c(cc(C(C)(C)C)cc4C4(c5ccccc5)CCCCC14C)B3c1ccc(-c3ccccc3)cc1N2c1cccc(-c2ccccc2)c1. The fourth-order valence-corrected chi connectivity index (χ4v) is 16.1. The van der Waals surface area contributed by atoms with Crippen LogP contribution in [0.15, 0.2) is 176 Å². The predicted molar refractivity (Wildman–Crippen MR) is 320 cm³/mol. The summed E-state index contributed by atoms with van der Waals surface area (Å²) in [4.78, 5) is 8.54. The number of hydrogen-bond acceptors (Lipinski definition) is 3. The molecule has 14 rings (SSSR count). The summed E-state index contributed by atoms with van der Waals surface area (Å²) < 4.78 is 0. The molecule has 4 aliphatic heterocycles. The van der Waals surface area contributed by atoms with Crippen LogP contribution in [0.2, 0.25) is 0 Å². The Bertz CT molecular complexity index is 3610. The van der Waals surface area contributed by atoms with E-state index in [0.29, 0.717) is 0 Å². The van der Waals surface area contributed by atoms with Crippen LogP contribution in [0, 0.1) is 0 Å². The number of fused-ring (bicyclic) bond motifs is 10. The summed E-state index contributed by atoms with van der Waals surface area (Å²) in [6, 6.07) is 68.9. The van der Waals surface area contributed by atoms with Gasteiger partial charge in [0, 0.05) is 50.6 Å². The number of anilines is 7. The lowest BCUT2D eigenvalue weighted by molar-refractivity contribution is 0.194. The Labute approximate surface area is 447 Å². The van der Waals surface area contributed by atoms with Gasteiger partial charge in [0.2, 0.25) is 0 Å². The van der Waals surface area contributed by atoms with E-state index in [1.165, 1.54) is 138 Å². The van der Waals surface area contributed by atoms with Crippen LogP contribution in [0.3, 0.4) is 0 Å². The van der Waals surface area contributed by atoms with Crippen molar-refractivity contribution in [1.82, 2.24) is 0 Å². The predicted octanol–water partition coefficient (Wildman–Crippen LogP) is 16.7. The zero-order chi connectivity index (χ0) is 51.4. The third-order valence-corrected chi connectivity index (χ3v) is 20.2. The van der Waals surface area contributed by atoms with Gasteiger partial charge in [0.15, 0.2) is 0 Å². The smallest absolute Gasteiger partial charge is 0.252 e. The van der Waals surface area contributed by atoms with Crippen molar-refractivity contribution < 1.29 is 0 Å². The molecule has 75 heavy (non-hydrogen) atoms. The maximum absolute atomic E-state index is 2.97. The Hall–Kier alpha value is -6.78. The first-order chi connectivity index (χ1) is 36.0. The van der Waals surface area contributed by atoms with E-state index in [0.717, 1.165) is 19.3 Å². The fraction of sp³-hybridized carbons (Fsp3) is 0.324. The Morgan fingerprint density at radius 3 is 1.71 bits per heavy atom. The minimum absolute atomic E-state index is 0.0112. The molecule has 0 amide bonds. The van der Waals surface area contributed by atoms with Crippen LogP contribution in [0.25, 0.3) is 22.3 Å². The van der Waals surface area contributed by atoms with Crippen molar-refractivity contribution in [2.45, 2.75) is 146 Å². The van der Waals surface area contributed by atoms with E-state index < -0.39 is 0 Å². The second kappa shape index (κ2) is 16.1. The molecule has 8 aromatic rings. The van der Waals surface area contributed by atoms with Crippen molar-refractivity contribution in [2.75, 3.05) is 14.7 Å². The van der Waals surface area contributed by atoms with Crippen molar-refractivity contribution in [3.05, 3.63) is 204 Å². The minimum atomic E-state index is -0.235. The highest BCUT2D eigenvalue weighted by molar-refractivity contribution is 7.00. The number of rotatable bonds is 5. The zero-order valence-corrected chi connectivity index (χ0v) is 45.8. The maximum Gasteiger partial charge on any atom is 0.252 e. The monoisotopic (exact) mass is 978 g/mol. The summed E-state index contributed by atoms with van der Waals surface area (Å²) >= 11 is 0. The van der Waals surface area contributed by atoms with Crippen LogP contribution in [0.4, 0.5) is 39.8 Å².